The lowest BCUT2D eigenvalue weighted by molar-refractivity contribution is -0.149. The Morgan fingerprint density at radius 1 is 1.33 bits per heavy atom. The van der Waals surface area contributed by atoms with E-state index in [4.69, 9.17) is 10.5 Å². The molecule has 0 amide bonds. The Kier molecular flexibility index (Phi) is 4.24. The van der Waals surface area contributed by atoms with Gasteiger partial charge in [0.1, 0.15) is 0 Å². The fourth-order valence-corrected chi connectivity index (χ4v) is 2.74. The first kappa shape index (κ1) is 12.9. The average molecular weight is 247 g/mol. The highest BCUT2D eigenvalue weighted by atomic mass is 16.5. The number of hydrogen-bond acceptors (Lipinski definition) is 3. The number of nitrogens with two attached hydrogens (primary N) is 1. The maximum atomic E-state index is 11.7. The number of carbonyl (C=O) groups is 1. The van der Waals surface area contributed by atoms with Crippen LogP contribution in [-0.2, 0) is 9.53 Å². The third-order valence-electron chi connectivity index (χ3n) is 3.73. The van der Waals surface area contributed by atoms with Crippen LogP contribution in [0, 0.1) is 5.92 Å². The summed E-state index contributed by atoms with van der Waals surface area (Å²) in [6.07, 6.45) is 3.95. The van der Waals surface area contributed by atoms with E-state index in [1.54, 1.807) is 0 Å². The van der Waals surface area contributed by atoms with Gasteiger partial charge in [-0.15, -0.1) is 0 Å². The first-order valence-corrected chi connectivity index (χ1v) is 6.72. The number of carbonyl (C=O) groups excluding carboxylic acids is 1. The molecule has 2 rings (SSSR count). The summed E-state index contributed by atoms with van der Waals surface area (Å²) in [6, 6.07) is 8.09. The minimum atomic E-state index is -0.0245. The van der Waals surface area contributed by atoms with E-state index in [2.05, 4.69) is 12.1 Å². The van der Waals surface area contributed by atoms with Crippen molar-refractivity contribution < 1.29 is 9.53 Å². The van der Waals surface area contributed by atoms with Gasteiger partial charge in [-0.2, -0.15) is 0 Å². The summed E-state index contributed by atoms with van der Waals surface area (Å²) in [7, 11) is 0. The summed E-state index contributed by atoms with van der Waals surface area (Å²) >= 11 is 0. The Morgan fingerprint density at radius 3 is 2.67 bits per heavy atom. The molecule has 3 heteroatoms. The van der Waals surface area contributed by atoms with E-state index >= 15 is 0 Å². The van der Waals surface area contributed by atoms with Crippen LogP contribution in [-0.4, -0.2) is 12.6 Å². The molecule has 18 heavy (non-hydrogen) atoms. The van der Waals surface area contributed by atoms with Crippen molar-refractivity contribution in [3.05, 3.63) is 29.8 Å². The Morgan fingerprint density at radius 2 is 2.06 bits per heavy atom. The van der Waals surface area contributed by atoms with Crippen LogP contribution >= 0.6 is 0 Å². The van der Waals surface area contributed by atoms with Gasteiger partial charge in [0, 0.05) is 5.69 Å². The van der Waals surface area contributed by atoms with Gasteiger partial charge in [-0.25, -0.2) is 0 Å². The second-order valence-electron chi connectivity index (χ2n) is 4.97. The molecule has 1 saturated carbocycles. The molecule has 0 aliphatic heterocycles. The van der Waals surface area contributed by atoms with Crippen LogP contribution in [0.5, 0.6) is 0 Å². The minimum absolute atomic E-state index is 0.0245. The quantitative estimate of drug-likeness (QED) is 0.659. The van der Waals surface area contributed by atoms with E-state index in [9.17, 15) is 4.79 Å². The van der Waals surface area contributed by atoms with E-state index in [1.165, 1.54) is 5.56 Å². The number of esters is 1. The molecule has 0 heterocycles. The number of nitrogen functional groups attached to an aromatic ring is 1. The van der Waals surface area contributed by atoms with Crippen molar-refractivity contribution in [2.24, 2.45) is 5.92 Å². The van der Waals surface area contributed by atoms with Gasteiger partial charge in [0.25, 0.3) is 0 Å². The van der Waals surface area contributed by atoms with Crippen LogP contribution in [0.1, 0.15) is 44.1 Å². The molecule has 0 bridgehead atoms. The van der Waals surface area contributed by atoms with Crippen molar-refractivity contribution in [3.8, 4) is 0 Å². The van der Waals surface area contributed by atoms with Crippen LogP contribution in [0.15, 0.2) is 24.3 Å². The summed E-state index contributed by atoms with van der Waals surface area (Å²) in [5.74, 6) is 0.616. The lowest BCUT2D eigenvalue weighted by Crippen LogP contribution is -2.23. The predicted molar refractivity (Wildman–Crippen MR) is 72.2 cm³/mol. The maximum Gasteiger partial charge on any atom is 0.308 e. The van der Waals surface area contributed by atoms with Gasteiger partial charge < -0.3 is 10.5 Å². The van der Waals surface area contributed by atoms with Gasteiger partial charge in [-0.3, -0.25) is 4.79 Å². The molecule has 1 fully saturated rings. The van der Waals surface area contributed by atoms with E-state index in [1.807, 2.05) is 19.1 Å². The van der Waals surface area contributed by atoms with Gasteiger partial charge in [0.2, 0.25) is 0 Å². The third kappa shape index (κ3) is 3.03. The second-order valence-corrected chi connectivity index (χ2v) is 4.97. The van der Waals surface area contributed by atoms with Gasteiger partial charge in [-0.05, 0) is 56.2 Å². The fourth-order valence-electron chi connectivity index (χ4n) is 2.74. The van der Waals surface area contributed by atoms with Gasteiger partial charge in [0.15, 0.2) is 0 Å². The van der Waals surface area contributed by atoms with Crippen LogP contribution in [0.4, 0.5) is 5.69 Å². The average Bonchev–Trinajstić information content (AvgIpc) is 2.39. The van der Waals surface area contributed by atoms with Crippen LogP contribution in [0.2, 0.25) is 0 Å². The molecule has 0 atom stereocenters. The summed E-state index contributed by atoms with van der Waals surface area (Å²) < 4.78 is 5.08. The molecule has 1 aliphatic carbocycles. The molecule has 0 spiro atoms. The number of ether oxygens (including phenoxy) is 1. The summed E-state index contributed by atoms with van der Waals surface area (Å²) in [5.41, 5.74) is 7.93. The third-order valence-corrected chi connectivity index (χ3v) is 3.73. The zero-order chi connectivity index (χ0) is 13.0. The first-order valence-electron chi connectivity index (χ1n) is 6.72. The topological polar surface area (TPSA) is 52.3 Å². The van der Waals surface area contributed by atoms with Crippen LogP contribution in [0.25, 0.3) is 0 Å². The molecule has 1 aliphatic rings. The smallest absolute Gasteiger partial charge is 0.308 e. The van der Waals surface area contributed by atoms with E-state index in [-0.39, 0.29) is 11.9 Å². The molecule has 0 unspecified atom stereocenters. The highest BCUT2D eigenvalue weighted by Gasteiger charge is 2.27. The highest BCUT2D eigenvalue weighted by Crippen LogP contribution is 2.36. The molecule has 0 radical (unpaired) electrons. The van der Waals surface area contributed by atoms with Crippen molar-refractivity contribution in [2.75, 3.05) is 12.3 Å². The van der Waals surface area contributed by atoms with E-state index in [0.717, 1.165) is 31.4 Å². The Hall–Kier alpha value is -1.51. The predicted octanol–water partition coefficient (Wildman–Crippen LogP) is 3.11. The SMILES string of the molecule is CCOC(=O)C1CCC(c2cccc(N)c2)CC1. The number of hydrogen-bond donors (Lipinski definition) is 1. The molecule has 2 N–H and O–H groups in total. The Balaban J connectivity index is 1.92. The largest absolute Gasteiger partial charge is 0.466 e. The van der Waals surface area contributed by atoms with Gasteiger partial charge in [-0.1, -0.05) is 12.1 Å². The molecule has 3 nitrogen and oxygen atoms in total. The fraction of sp³-hybridized carbons (Fsp3) is 0.533. The van der Waals surface area contributed by atoms with Crippen molar-refractivity contribution >= 4 is 11.7 Å². The molecular weight excluding hydrogens is 226 g/mol. The summed E-state index contributed by atoms with van der Waals surface area (Å²) in [4.78, 5) is 11.7. The maximum absolute atomic E-state index is 11.7. The van der Waals surface area contributed by atoms with Crippen LogP contribution < -0.4 is 5.73 Å². The van der Waals surface area contributed by atoms with Crippen molar-refractivity contribution in [1.29, 1.82) is 0 Å². The summed E-state index contributed by atoms with van der Waals surface area (Å²) in [6.45, 7) is 2.34. The minimum Gasteiger partial charge on any atom is -0.466 e. The Bertz CT molecular complexity index is 409. The first-order chi connectivity index (χ1) is 8.70. The highest BCUT2D eigenvalue weighted by molar-refractivity contribution is 5.72. The van der Waals surface area contributed by atoms with Crippen molar-refractivity contribution in [1.82, 2.24) is 0 Å². The molecule has 1 aromatic carbocycles. The molecular formula is C15H21NO2. The molecule has 1 aromatic rings. The lowest BCUT2D eigenvalue weighted by atomic mass is 9.78. The summed E-state index contributed by atoms with van der Waals surface area (Å²) in [5, 5.41) is 0. The van der Waals surface area contributed by atoms with Crippen molar-refractivity contribution in [3.63, 3.8) is 0 Å². The zero-order valence-electron chi connectivity index (χ0n) is 10.9. The molecule has 0 saturated heterocycles. The normalized spacial score (nSPS) is 23.6. The van der Waals surface area contributed by atoms with Crippen LogP contribution in [0.3, 0.4) is 0 Å². The zero-order valence-corrected chi connectivity index (χ0v) is 10.9. The standard InChI is InChI=1S/C15H21NO2/c1-2-18-15(17)12-8-6-11(7-9-12)13-4-3-5-14(16)10-13/h3-5,10-12H,2,6-9,16H2,1H3. The monoisotopic (exact) mass is 247 g/mol. The van der Waals surface area contributed by atoms with E-state index in [0.29, 0.717) is 12.5 Å². The molecule has 0 aromatic heterocycles. The van der Waals surface area contributed by atoms with Gasteiger partial charge >= 0.3 is 5.97 Å². The number of anilines is 1. The number of rotatable bonds is 3. The second kappa shape index (κ2) is 5.89. The van der Waals surface area contributed by atoms with Crippen molar-refractivity contribution in [2.45, 2.75) is 38.5 Å². The lowest BCUT2D eigenvalue weighted by Gasteiger charge is -2.27. The number of benzene rings is 1. The van der Waals surface area contributed by atoms with Gasteiger partial charge in [0.05, 0.1) is 12.5 Å². The molecule has 98 valence electrons. The van der Waals surface area contributed by atoms with E-state index < -0.39 is 0 Å². The Labute approximate surface area is 108 Å².